The third kappa shape index (κ3) is 6.77. The molecule has 0 aliphatic heterocycles. The van der Waals surface area contributed by atoms with Gasteiger partial charge in [-0.2, -0.15) is 0 Å². The van der Waals surface area contributed by atoms with E-state index in [4.69, 9.17) is 5.11 Å². The van der Waals surface area contributed by atoms with Crippen molar-refractivity contribution in [2.24, 2.45) is 0 Å². The standard InChI is InChI=1S/C9H15NO6/c1-10(4-3-9(14)15-2)7(11)5-16-6-8(12)13/h3-6H2,1-2H3,(H,12,13). The summed E-state index contributed by atoms with van der Waals surface area (Å²) in [7, 11) is 2.76. The first-order valence-corrected chi connectivity index (χ1v) is 4.57. The van der Waals surface area contributed by atoms with Crippen LogP contribution >= 0.6 is 0 Å². The lowest BCUT2D eigenvalue weighted by Crippen LogP contribution is -2.32. The fraction of sp³-hybridized carbons (Fsp3) is 0.667. The number of carbonyl (C=O) groups is 3. The Bertz CT molecular complexity index is 265. The number of nitrogens with zero attached hydrogens (tertiary/aromatic N) is 1. The molecule has 7 heteroatoms. The zero-order valence-electron chi connectivity index (χ0n) is 9.26. The minimum absolute atomic E-state index is 0.0949. The number of likely N-dealkylation sites (N-methyl/N-ethyl adjacent to an activating group) is 1. The smallest absolute Gasteiger partial charge is 0.329 e. The summed E-state index contributed by atoms with van der Waals surface area (Å²) >= 11 is 0. The van der Waals surface area contributed by atoms with Crippen molar-refractivity contribution in [2.45, 2.75) is 6.42 Å². The van der Waals surface area contributed by atoms with Gasteiger partial charge in [0.2, 0.25) is 5.91 Å². The van der Waals surface area contributed by atoms with Crippen LogP contribution in [0.2, 0.25) is 0 Å². The zero-order valence-corrected chi connectivity index (χ0v) is 9.26. The summed E-state index contributed by atoms with van der Waals surface area (Å²) in [5, 5.41) is 8.26. The van der Waals surface area contributed by atoms with Crippen molar-refractivity contribution in [3.05, 3.63) is 0 Å². The molecular weight excluding hydrogens is 218 g/mol. The first-order chi connectivity index (χ1) is 7.47. The van der Waals surface area contributed by atoms with Crippen molar-refractivity contribution >= 4 is 17.8 Å². The van der Waals surface area contributed by atoms with E-state index < -0.39 is 18.5 Å². The summed E-state index contributed by atoms with van der Waals surface area (Å²) in [5.74, 6) is -1.93. The maximum atomic E-state index is 11.3. The van der Waals surface area contributed by atoms with E-state index in [1.165, 1.54) is 19.1 Å². The van der Waals surface area contributed by atoms with E-state index in [-0.39, 0.29) is 25.5 Å². The molecule has 0 heterocycles. The van der Waals surface area contributed by atoms with Crippen molar-refractivity contribution in [1.29, 1.82) is 0 Å². The van der Waals surface area contributed by atoms with Gasteiger partial charge in [0.15, 0.2) is 0 Å². The second kappa shape index (κ2) is 7.63. The van der Waals surface area contributed by atoms with Gasteiger partial charge < -0.3 is 19.5 Å². The van der Waals surface area contributed by atoms with Crippen molar-refractivity contribution in [2.75, 3.05) is 33.9 Å². The molecule has 92 valence electrons. The van der Waals surface area contributed by atoms with Crippen LogP contribution in [-0.2, 0) is 23.9 Å². The Balaban J connectivity index is 3.73. The van der Waals surface area contributed by atoms with E-state index in [1.807, 2.05) is 0 Å². The number of esters is 1. The summed E-state index contributed by atoms with van der Waals surface area (Å²) in [6.07, 6.45) is 0.0949. The van der Waals surface area contributed by atoms with Crippen LogP contribution in [0.5, 0.6) is 0 Å². The Labute approximate surface area is 92.9 Å². The van der Waals surface area contributed by atoms with E-state index in [0.29, 0.717) is 0 Å². The maximum Gasteiger partial charge on any atom is 0.329 e. The third-order valence-electron chi connectivity index (χ3n) is 1.76. The van der Waals surface area contributed by atoms with Crippen molar-refractivity contribution in [3.8, 4) is 0 Å². The quantitative estimate of drug-likeness (QED) is 0.573. The monoisotopic (exact) mass is 233 g/mol. The van der Waals surface area contributed by atoms with Gasteiger partial charge in [-0.05, 0) is 0 Å². The predicted molar refractivity (Wildman–Crippen MR) is 52.7 cm³/mol. The van der Waals surface area contributed by atoms with Crippen LogP contribution in [0.15, 0.2) is 0 Å². The van der Waals surface area contributed by atoms with E-state index >= 15 is 0 Å². The topological polar surface area (TPSA) is 93.1 Å². The average Bonchev–Trinajstić information content (AvgIpc) is 2.24. The van der Waals surface area contributed by atoms with Crippen molar-refractivity contribution < 1.29 is 29.0 Å². The molecule has 0 aliphatic rings. The SMILES string of the molecule is COC(=O)CCN(C)C(=O)COCC(=O)O. The van der Waals surface area contributed by atoms with E-state index in [2.05, 4.69) is 9.47 Å². The summed E-state index contributed by atoms with van der Waals surface area (Å²) in [4.78, 5) is 33.4. The second-order valence-corrected chi connectivity index (χ2v) is 3.03. The molecule has 0 saturated heterocycles. The lowest BCUT2D eigenvalue weighted by atomic mass is 10.4. The van der Waals surface area contributed by atoms with Crippen molar-refractivity contribution in [1.82, 2.24) is 4.90 Å². The first-order valence-electron chi connectivity index (χ1n) is 4.57. The molecule has 1 amide bonds. The van der Waals surface area contributed by atoms with Crippen LogP contribution in [0.25, 0.3) is 0 Å². The minimum atomic E-state index is -1.13. The number of carbonyl (C=O) groups excluding carboxylic acids is 2. The fourth-order valence-corrected chi connectivity index (χ4v) is 0.822. The summed E-state index contributed by atoms with van der Waals surface area (Å²) < 4.78 is 9.01. The number of rotatable bonds is 7. The molecule has 0 unspecified atom stereocenters. The molecule has 0 aliphatic carbocycles. The zero-order chi connectivity index (χ0) is 12.6. The molecule has 0 aromatic heterocycles. The lowest BCUT2D eigenvalue weighted by Gasteiger charge is -2.15. The number of hydrogen-bond acceptors (Lipinski definition) is 5. The normalized spacial score (nSPS) is 9.62. The molecule has 0 atom stereocenters. The van der Waals surface area contributed by atoms with Gasteiger partial charge in [-0.25, -0.2) is 4.79 Å². The minimum Gasteiger partial charge on any atom is -0.480 e. The predicted octanol–water partition coefficient (Wildman–Crippen LogP) is -0.891. The Morgan fingerprint density at radius 1 is 1.25 bits per heavy atom. The molecule has 7 nitrogen and oxygen atoms in total. The second-order valence-electron chi connectivity index (χ2n) is 3.03. The highest BCUT2D eigenvalue weighted by Gasteiger charge is 2.11. The Kier molecular flexibility index (Phi) is 6.86. The molecule has 0 aromatic carbocycles. The maximum absolute atomic E-state index is 11.3. The van der Waals surface area contributed by atoms with Crippen LogP contribution in [0.3, 0.4) is 0 Å². The number of hydrogen-bond donors (Lipinski definition) is 1. The molecule has 0 spiro atoms. The van der Waals surface area contributed by atoms with Crippen LogP contribution in [0.1, 0.15) is 6.42 Å². The molecule has 0 fully saturated rings. The highest BCUT2D eigenvalue weighted by atomic mass is 16.5. The van der Waals surface area contributed by atoms with Crippen LogP contribution in [-0.4, -0.2) is 61.8 Å². The highest BCUT2D eigenvalue weighted by molar-refractivity contribution is 5.78. The van der Waals surface area contributed by atoms with Gasteiger partial charge in [0.25, 0.3) is 0 Å². The summed E-state index contributed by atoms with van der Waals surface area (Å²) in [6.45, 7) is -0.623. The van der Waals surface area contributed by atoms with E-state index in [1.54, 1.807) is 0 Å². The van der Waals surface area contributed by atoms with Crippen LogP contribution in [0, 0.1) is 0 Å². The molecule has 0 radical (unpaired) electrons. The highest BCUT2D eigenvalue weighted by Crippen LogP contribution is 1.92. The molecule has 0 rings (SSSR count). The molecule has 0 aromatic rings. The molecule has 1 N–H and O–H groups in total. The largest absolute Gasteiger partial charge is 0.480 e. The number of ether oxygens (including phenoxy) is 2. The number of carboxylic acids is 1. The fourth-order valence-electron chi connectivity index (χ4n) is 0.822. The molecular formula is C9H15NO6. The van der Waals surface area contributed by atoms with Crippen LogP contribution < -0.4 is 0 Å². The number of methoxy groups -OCH3 is 1. The van der Waals surface area contributed by atoms with Gasteiger partial charge in [-0.1, -0.05) is 0 Å². The summed E-state index contributed by atoms with van der Waals surface area (Å²) in [5.41, 5.74) is 0. The Morgan fingerprint density at radius 3 is 2.38 bits per heavy atom. The van der Waals surface area contributed by atoms with E-state index in [9.17, 15) is 14.4 Å². The number of aliphatic carboxylic acids is 1. The van der Waals surface area contributed by atoms with Gasteiger partial charge >= 0.3 is 11.9 Å². The van der Waals surface area contributed by atoms with E-state index in [0.717, 1.165) is 0 Å². The Hall–Kier alpha value is -1.63. The van der Waals surface area contributed by atoms with Crippen LogP contribution in [0.4, 0.5) is 0 Å². The third-order valence-corrected chi connectivity index (χ3v) is 1.76. The molecule has 0 bridgehead atoms. The van der Waals surface area contributed by atoms with Gasteiger partial charge in [-0.3, -0.25) is 9.59 Å². The van der Waals surface area contributed by atoms with Gasteiger partial charge in [0.1, 0.15) is 13.2 Å². The molecule has 16 heavy (non-hydrogen) atoms. The Morgan fingerprint density at radius 2 is 1.88 bits per heavy atom. The van der Waals surface area contributed by atoms with Gasteiger partial charge in [-0.15, -0.1) is 0 Å². The van der Waals surface area contributed by atoms with Crippen molar-refractivity contribution in [3.63, 3.8) is 0 Å². The lowest BCUT2D eigenvalue weighted by molar-refractivity contribution is -0.145. The van der Waals surface area contributed by atoms with Gasteiger partial charge in [0.05, 0.1) is 13.5 Å². The first kappa shape index (κ1) is 14.4. The average molecular weight is 233 g/mol. The molecule has 0 saturated carbocycles. The number of carboxylic acid groups (broad SMARTS) is 1. The number of amides is 1. The summed E-state index contributed by atoms with van der Waals surface area (Å²) in [6, 6.07) is 0. The van der Waals surface area contributed by atoms with Gasteiger partial charge in [0, 0.05) is 13.6 Å².